The van der Waals surface area contributed by atoms with Gasteiger partial charge >= 0.3 is 5.97 Å². The van der Waals surface area contributed by atoms with E-state index in [0.29, 0.717) is 13.2 Å². The van der Waals surface area contributed by atoms with Gasteiger partial charge in [0.1, 0.15) is 12.2 Å². The summed E-state index contributed by atoms with van der Waals surface area (Å²) in [7, 11) is 1.35. The Morgan fingerprint density at radius 3 is 2.89 bits per heavy atom. The molecule has 0 N–H and O–H groups in total. The molecule has 1 aliphatic heterocycles. The third kappa shape index (κ3) is 3.98. The molecule has 1 saturated heterocycles. The van der Waals surface area contributed by atoms with E-state index in [0.717, 1.165) is 5.56 Å². The number of methoxy groups -OCH3 is 1. The number of hydrogen-bond acceptors (Lipinski definition) is 4. The fourth-order valence-corrected chi connectivity index (χ4v) is 1.57. The zero-order chi connectivity index (χ0) is 12.8. The van der Waals surface area contributed by atoms with Gasteiger partial charge in [-0.3, -0.25) is 0 Å². The average molecular weight is 248 g/mol. The van der Waals surface area contributed by atoms with Crippen LogP contribution >= 0.6 is 0 Å². The highest BCUT2D eigenvalue weighted by Crippen LogP contribution is 2.23. The number of ether oxygens (including phenoxy) is 3. The largest absolute Gasteiger partial charge is 0.466 e. The summed E-state index contributed by atoms with van der Waals surface area (Å²) in [5.41, 5.74) is 1.14. The lowest BCUT2D eigenvalue weighted by molar-refractivity contribution is -0.134. The number of epoxide rings is 1. The number of carbonyl (C=O) groups excluding carboxylic acids is 1. The molecule has 2 atom stereocenters. The van der Waals surface area contributed by atoms with Gasteiger partial charge in [-0.25, -0.2) is 4.79 Å². The van der Waals surface area contributed by atoms with Gasteiger partial charge < -0.3 is 14.2 Å². The third-order valence-corrected chi connectivity index (χ3v) is 2.64. The summed E-state index contributed by atoms with van der Waals surface area (Å²) < 4.78 is 15.4. The van der Waals surface area contributed by atoms with Crippen molar-refractivity contribution in [1.82, 2.24) is 0 Å². The Kier molecular flexibility index (Phi) is 4.50. The highest BCUT2D eigenvalue weighted by molar-refractivity contribution is 5.81. The van der Waals surface area contributed by atoms with Gasteiger partial charge in [0.2, 0.25) is 0 Å². The van der Waals surface area contributed by atoms with Gasteiger partial charge in [0.05, 0.1) is 20.3 Å². The maximum atomic E-state index is 10.9. The molecule has 0 aliphatic carbocycles. The van der Waals surface area contributed by atoms with Crippen LogP contribution in [0.5, 0.6) is 0 Å². The van der Waals surface area contributed by atoms with E-state index in [1.54, 1.807) is 6.08 Å². The molecule has 1 fully saturated rings. The van der Waals surface area contributed by atoms with Crippen molar-refractivity contribution < 1.29 is 19.0 Å². The molecule has 1 heterocycles. The van der Waals surface area contributed by atoms with Crippen molar-refractivity contribution in [2.45, 2.75) is 18.8 Å². The van der Waals surface area contributed by atoms with E-state index < -0.39 is 0 Å². The van der Waals surface area contributed by atoms with Crippen molar-refractivity contribution in [2.24, 2.45) is 0 Å². The Morgan fingerprint density at radius 2 is 2.17 bits per heavy atom. The van der Waals surface area contributed by atoms with Crippen LogP contribution in [0, 0.1) is 0 Å². The van der Waals surface area contributed by atoms with E-state index in [2.05, 4.69) is 4.74 Å². The first-order chi connectivity index (χ1) is 8.79. The predicted molar refractivity (Wildman–Crippen MR) is 65.9 cm³/mol. The number of esters is 1. The van der Waals surface area contributed by atoms with Crippen molar-refractivity contribution >= 4 is 5.97 Å². The molecule has 0 radical (unpaired) electrons. The van der Waals surface area contributed by atoms with E-state index in [9.17, 15) is 4.79 Å². The molecule has 0 bridgehead atoms. The highest BCUT2D eigenvalue weighted by Gasteiger charge is 2.36. The smallest absolute Gasteiger partial charge is 0.330 e. The number of hydrogen-bond donors (Lipinski definition) is 0. The standard InChI is InChI=1S/C14H16O4/c1-16-14(15)8-7-12-13(18-12)10-17-9-11-5-3-2-4-6-11/h2-8,12-13H,9-10H2,1H3/b8-7-/t12-,13+/m0/s1. The minimum atomic E-state index is -0.366. The van der Waals surface area contributed by atoms with Crippen molar-refractivity contribution in [2.75, 3.05) is 13.7 Å². The molecule has 0 spiro atoms. The molecule has 0 saturated carbocycles. The molecule has 0 unspecified atom stereocenters. The molecule has 0 aromatic heterocycles. The summed E-state index contributed by atoms with van der Waals surface area (Å²) in [6.45, 7) is 1.11. The van der Waals surface area contributed by atoms with Crippen molar-refractivity contribution in [3.05, 3.63) is 48.0 Å². The summed E-state index contributed by atoms with van der Waals surface area (Å²) >= 11 is 0. The Bertz CT molecular complexity index is 413. The third-order valence-electron chi connectivity index (χ3n) is 2.64. The van der Waals surface area contributed by atoms with E-state index in [1.165, 1.54) is 13.2 Å². The molecule has 4 heteroatoms. The zero-order valence-corrected chi connectivity index (χ0v) is 10.2. The molecule has 4 nitrogen and oxygen atoms in total. The summed E-state index contributed by atoms with van der Waals surface area (Å²) in [6, 6.07) is 9.97. The Labute approximate surface area is 106 Å². The molecule has 1 aromatic rings. The van der Waals surface area contributed by atoms with E-state index >= 15 is 0 Å². The maximum absolute atomic E-state index is 10.9. The fourth-order valence-electron chi connectivity index (χ4n) is 1.57. The topological polar surface area (TPSA) is 48.1 Å². The quantitative estimate of drug-likeness (QED) is 0.437. The predicted octanol–water partition coefficient (Wildman–Crippen LogP) is 1.70. The van der Waals surface area contributed by atoms with Crippen LogP contribution in [0.4, 0.5) is 0 Å². The lowest BCUT2D eigenvalue weighted by atomic mass is 10.2. The lowest BCUT2D eigenvalue weighted by Gasteiger charge is -2.01. The lowest BCUT2D eigenvalue weighted by Crippen LogP contribution is -2.04. The van der Waals surface area contributed by atoms with Gasteiger partial charge in [-0.05, 0) is 11.6 Å². The summed E-state index contributed by atoms with van der Waals surface area (Å²) in [5, 5.41) is 0. The average Bonchev–Trinajstić information content (AvgIpc) is 3.16. The van der Waals surface area contributed by atoms with Crippen molar-refractivity contribution in [3.8, 4) is 0 Å². The normalized spacial score (nSPS) is 22.1. The maximum Gasteiger partial charge on any atom is 0.330 e. The second-order valence-corrected chi connectivity index (χ2v) is 4.02. The first-order valence-corrected chi connectivity index (χ1v) is 5.83. The molecular weight excluding hydrogens is 232 g/mol. The monoisotopic (exact) mass is 248 g/mol. The van der Waals surface area contributed by atoms with Gasteiger partial charge in [-0.1, -0.05) is 30.3 Å². The van der Waals surface area contributed by atoms with Gasteiger partial charge in [0.25, 0.3) is 0 Å². The van der Waals surface area contributed by atoms with Crippen LogP contribution in [0.25, 0.3) is 0 Å². The molecular formula is C14H16O4. The molecule has 96 valence electrons. The minimum Gasteiger partial charge on any atom is -0.466 e. The molecule has 1 aliphatic rings. The van der Waals surface area contributed by atoms with E-state index in [1.807, 2.05) is 30.3 Å². The Hall–Kier alpha value is -1.65. The van der Waals surface area contributed by atoms with Crippen LogP contribution in [0.3, 0.4) is 0 Å². The van der Waals surface area contributed by atoms with Crippen LogP contribution in [0.15, 0.2) is 42.5 Å². The van der Waals surface area contributed by atoms with Gasteiger partial charge in [0, 0.05) is 6.08 Å². The van der Waals surface area contributed by atoms with Crippen LogP contribution in [-0.4, -0.2) is 31.9 Å². The van der Waals surface area contributed by atoms with Crippen molar-refractivity contribution in [1.29, 1.82) is 0 Å². The number of rotatable bonds is 6. The highest BCUT2D eigenvalue weighted by atomic mass is 16.6. The first kappa shape index (κ1) is 12.8. The second kappa shape index (κ2) is 6.33. The second-order valence-electron chi connectivity index (χ2n) is 4.02. The molecule has 0 amide bonds. The van der Waals surface area contributed by atoms with Gasteiger partial charge in [-0.2, -0.15) is 0 Å². The zero-order valence-electron chi connectivity index (χ0n) is 10.2. The van der Waals surface area contributed by atoms with Gasteiger partial charge in [-0.15, -0.1) is 0 Å². The Morgan fingerprint density at radius 1 is 1.39 bits per heavy atom. The van der Waals surface area contributed by atoms with E-state index in [4.69, 9.17) is 9.47 Å². The fraction of sp³-hybridized carbons (Fsp3) is 0.357. The van der Waals surface area contributed by atoms with Crippen LogP contribution < -0.4 is 0 Å². The first-order valence-electron chi connectivity index (χ1n) is 5.83. The summed E-state index contributed by atoms with van der Waals surface area (Å²) in [6.07, 6.45) is 3.10. The van der Waals surface area contributed by atoms with E-state index in [-0.39, 0.29) is 18.2 Å². The minimum absolute atomic E-state index is 0.0279. The summed E-state index contributed by atoms with van der Waals surface area (Å²) in [4.78, 5) is 10.9. The van der Waals surface area contributed by atoms with Gasteiger partial charge in [0.15, 0.2) is 0 Å². The van der Waals surface area contributed by atoms with Crippen LogP contribution in [-0.2, 0) is 25.6 Å². The summed E-state index contributed by atoms with van der Waals surface area (Å²) in [5.74, 6) is -0.366. The SMILES string of the molecule is COC(=O)/C=C\[C@@H]1O[C@@H]1COCc1ccccc1. The van der Waals surface area contributed by atoms with Crippen LogP contribution in [0.1, 0.15) is 5.56 Å². The molecule has 18 heavy (non-hydrogen) atoms. The number of benzene rings is 1. The number of carbonyl (C=O) groups is 1. The molecule has 1 aromatic carbocycles. The Balaban J connectivity index is 1.62. The van der Waals surface area contributed by atoms with Crippen molar-refractivity contribution in [3.63, 3.8) is 0 Å². The van der Waals surface area contributed by atoms with Crippen LogP contribution in [0.2, 0.25) is 0 Å². The molecule has 2 rings (SSSR count).